The van der Waals surface area contributed by atoms with Crippen LogP contribution in [-0.4, -0.2) is 68.8 Å². The summed E-state index contributed by atoms with van der Waals surface area (Å²) in [6.45, 7) is 8.60. The lowest BCUT2D eigenvalue weighted by atomic mass is 10.4. The van der Waals surface area contributed by atoms with Gasteiger partial charge >= 0.3 is 0 Å². The molecule has 6 nitrogen and oxygen atoms in total. The monoisotopic (exact) mass is 311 g/mol. The highest BCUT2D eigenvalue weighted by atomic mass is 32.1. The van der Waals surface area contributed by atoms with Crippen molar-refractivity contribution in [3.63, 3.8) is 0 Å². The van der Waals surface area contributed by atoms with E-state index in [4.69, 9.17) is 4.74 Å². The standard InChI is InChI=1S/C14H25N5OS/c1-12-11-18-13(21-12)3-4-16-14(15-2)17-5-6-19-7-9-20-10-8-19/h11H,3-10H2,1-2H3,(H2,15,16,17). The van der Waals surface area contributed by atoms with E-state index < -0.39 is 0 Å². The van der Waals surface area contributed by atoms with E-state index in [2.05, 4.69) is 32.4 Å². The smallest absolute Gasteiger partial charge is 0.191 e. The lowest BCUT2D eigenvalue weighted by Crippen LogP contribution is -2.44. The van der Waals surface area contributed by atoms with Gasteiger partial charge < -0.3 is 15.4 Å². The molecule has 1 aromatic rings. The Balaban J connectivity index is 1.59. The van der Waals surface area contributed by atoms with E-state index >= 15 is 0 Å². The van der Waals surface area contributed by atoms with Gasteiger partial charge in [0.05, 0.1) is 18.2 Å². The molecule has 2 rings (SSSR count). The second kappa shape index (κ2) is 8.96. The van der Waals surface area contributed by atoms with Crippen LogP contribution in [0.3, 0.4) is 0 Å². The Morgan fingerprint density at radius 3 is 2.81 bits per heavy atom. The Kier molecular flexibility index (Phi) is 6.91. The molecule has 118 valence electrons. The number of aliphatic imine (C=N–C) groups is 1. The number of morpholine rings is 1. The largest absolute Gasteiger partial charge is 0.379 e. The van der Waals surface area contributed by atoms with Crippen molar-refractivity contribution >= 4 is 17.3 Å². The van der Waals surface area contributed by atoms with Gasteiger partial charge in [0.15, 0.2) is 5.96 Å². The van der Waals surface area contributed by atoms with E-state index in [1.165, 1.54) is 9.88 Å². The molecule has 2 heterocycles. The van der Waals surface area contributed by atoms with Gasteiger partial charge in [0.2, 0.25) is 0 Å². The lowest BCUT2D eigenvalue weighted by Gasteiger charge is -2.26. The van der Waals surface area contributed by atoms with E-state index in [0.717, 1.165) is 58.3 Å². The van der Waals surface area contributed by atoms with Crippen LogP contribution in [0.4, 0.5) is 0 Å². The molecular weight excluding hydrogens is 286 g/mol. The van der Waals surface area contributed by atoms with Crippen molar-refractivity contribution in [2.75, 3.05) is 53.0 Å². The number of nitrogens with zero attached hydrogens (tertiary/aromatic N) is 3. The number of nitrogens with one attached hydrogen (secondary N) is 2. The molecule has 0 amide bonds. The van der Waals surface area contributed by atoms with Gasteiger partial charge in [0.25, 0.3) is 0 Å². The van der Waals surface area contributed by atoms with Crippen molar-refractivity contribution in [1.82, 2.24) is 20.5 Å². The summed E-state index contributed by atoms with van der Waals surface area (Å²) in [7, 11) is 1.80. The van der Waals surface area contributed by atoms with Crippen LogP contribution in [0.5, 0.6) is 0 Å². The van der Waals surface area contributed by atoms with Crippen molar-refractivity contribution in [1.29, 1.82) is 0 Å². The van der Waals surface area contributed by atoms with Crippen LogP contribution in [0, 0.1) is 6.92 Å². The number of aromatic nitrogens is 1. The van der Waals surface area contributed by atoms with Gasteiger partial charge in [0.1, 0.15) is 0 Å². The number of rotatable bonds is 6. The average molecular weight is 311 g/mol. The Hall–Kier alpha value is -1.18. The molecule has 0 aliphatic carbocycles. The zero-order chi connectivity index (χ0) is 14.9. The Morgan fingerprint density at radius 2 is 2.14 bits per heavy atom. The summed E-state index contributed by atoms with van der Waals surface area (Å²) < 4.78 is 5.34. The molecule has 21 heavy (non-hydrogen) atoms. The maximum Gasteiger partial charge on any atom is 0.191 e. The van der Waals surface area contributed by atoms with Crippen LogP contribution in [0.1, 0.15) is 9.88 Å². The number of ether oxygens (including phenoxy) is 1. The number of aryl methyl sites for hydroxylation is 1. The Bertz CT molecular complexity index is 442. The van der Waals surface area contributed by atoms with Gasteiger partial charge in [-0.2, -0.15) is 0 Å². The highest BCUT2D eigenvalue weighted by Crippen LogP contribution is 2.10. The zero-order valence-corrected chi connectivity index (χ0v) is 13.7. The van der Waals surface area contributed by atoms with E-state index in [0.29, 0.717) is 0 Å². The van der Waals surface area contributed by atoms with Crippen molar-refractivity contribution in [3.05, 3.63) is 16.1 Å². The Labute approximate surface area is 130 Å². The first-order valence-electron chi connectivity index (χ1n) is 7.44. The van der Waals surface area contributed by atoms with Gasteiger partial charge in [-0.3, -0.25) is 9.89 Å². The minimum atomic E-state index is 0.847. The SMILES string of the molecule is CN=C(NCCc1ncc(C)s1)NCCN1CCOCC1. The average Bonchev–Trinajstić information content (AvgIpc) is 2.92. The molecule has 0 saturated carbocycles. The molecule has 1 saturated heterocycles. The summed E-state index contributed by atoms with van der Waals surface area (Å²) in [5.74, 6) is 0.858. The van der Waals surface area contributed by atoms with Gasteiger partial charge in [-0.15, -0.1) is 11.3 Å². The molecule has 0 spiro atoms. The van der Waals surface area contributed by atoms with Crippen molar-refractivity contribution in [2.24, 2.45) is 4.99 Å². The van der Waals surface area contributed by atoms with E-state index in [1.54, 1.807) is 18.4 Å². The van der Waals surface area contributed by atoms with Gasteiger partial charge in [-0.1, -0.05) is 0 Å². The van der Waals surface area contributed by atoms with Crippen molar-refractivity contribution < 1.29 is 4.74 Å². The van der Waals surface area contributed by atoms with Crippen LogP contribution in [-0.2, 0) is 11.2 Å². The molecule has 7 heteroatoms. The first-order chi connectivity index (χ1) is 10.3. The number of thiazole rings is 1. The molecule has 1 aliphatic rings. The molecule has 2 N–H and O–H groups in total. The fraction of sp³-hybridized carbons (Fsp3) is 0.714. The fourth-order valence-corrected chi connectivity index (χ4v) is 2.97. The third-order valence-corrected chi connectivity index (χ3v) is 4.32. The van der Waals surface area contributed by atoms with Gasteiger partial charge in [-0.25, -0.2) is 4.98 Å². The number of guanidine groups is 1. The van der Waals surface area contributed by atoms with Crippen LogP contribution in [0.2, 0.25) is 0 Å². The molecule has 0 aromatic carbocycles. The predicted octanol–water partition coefficient (Wildman–Crippen LogP) is 0.491. The van der Waals surface area contributed by atoms with E-state index in [-0.39, 0.29) is 0 Å². The molecule has 0 atom stereocenters. The second-order valence-corrected chi connectivity index (χ2v) is 6.31. The van der Waals surface area contributed by atoms with Crippen molar-refractivity contribution in [2.45, 2.75) is 13.3 Å². The molecule has 1 aliphatic heterocycles. The van der Waals surface area contributed by atoms with Crippen molar-refractivity contribution in [3.8, 4) is 0 Å². The Morgan fingerprint density at radius 1 is 1.38 bits per heavy atom. The third kappa shape index (κ3) is 5.99. The quantitative estimate of drug-likeness (QED) is 0.591. The minimum absolute atomic E-state index is 0.847. The van der Waals surface area contributed by atoms with Crippen LogP contribution < -0.4 is 10.6 Å². The summed E-state index contributed by atoms with van der Waals surface area (Å²) >= 11 is 1.75. The highest BCUT2D eigenvalue weighted by Gasteiger charge is 2.09. The second-order valence-electron chi connectivity index (χ2n) is 4.99. The van der Waals surface area contributed by atoms with E-state index in [9.17, 15) is 0 Å². The normalized spacial score (nSPS) is 17.0. The molecule has 0 bridgehead atoms. The third-order valence-electron chi connectivity index (χ3n) is 3.35. The number of hydrogen-bond acceptors (Lipinski definition) is 5. The maximum absolute atomic E-state index is 5.34. The minimum Gasteiger partial charge on any atom is -0.379 e. The first kappa shape index (κ1) is 16.2. The van der Waals surface area contributed by atoms with Crippen LogP contribution >= 0.6 is 11.3 Å². The topological polar surface area (TPSA) is 61.8 Å². The first-order valence-corrected chi connectivity index (χ1v) is 8.25. The summed E-state index contributed by atoms with van der Waals surface area (Å²) in [6, 6.07) is 0. The highest BCUT2D eigenvalue weighted by molar-refractivity contribution is 7.11. The molecule has 1 fully saturated rings. The van der Waals surface area contributed by atoms with Gasteiger partial charge in [0, 0.05) is 57.3 Å². The zero-order valence-electron chi connectivity index (χ0n) is 12.9. The lowest BCUT2D eigenvalue weighted by molar-refractivity contribution is 0.0389. The summed E-state index contributed by atoms with van der Waals surface area (Å²) in [5.41, 5.74) is 0. The summed E-state index contributed by atoms with van der Waals surface area (Å²) in [4.78, 5) is 12.3. The van der Waals surface area contributed by atoms with Gasteiger partial charge in [-0.05, 0) is 6.92 Å². The molecule has 0 radical (unpaired) electrons. The molecular formula is C14H25N5OS. The number of hydrogen-bond donors (Lipinski definition) is 2. The summed E-state index contributed by atoms with van der Waals surface area (Å²) in [6.07, 6.45) is 2.86. The van der Waals surface area contributed by atoms with Crippen LogP contribution in [0.25, 0.3) is 0 Å². The van der Waals surface area contributed by atoms with Crippen LogP contribution in [0.15, 0.2) is 11.2 Å². The van der Waals surface area contributed by atoms with E-state index in [1.807, 2.05) is 6.20 Å². The maximum atomic E-state index is 5.34. The molecule has 0 unspecified atom stereocenters. The molecule has 1 aromatic heterocycles. The summed E-state index contributed by atoms with van der Waals surface area (Å²) in [5, 5.41) is 7.84. The predicted molar refractivity (Wildman–Crippen MR) is 87.2 cm³/mol. The fourth-order valence-electron chi connectivity index (χ4n) is 2.18.